The summed E-state index contributed by atoms with van der Waals surface area (Å²) in [7, 11) is 0. The molecular formula is C20H24F2N6O4. The molecule has 3 heterocycles. The lowest BCUT2D eigenvalue weighted by Crippen LogP contribution is -2.38. The van der Waals surface area contributed by atoms with Crippen LogP contribution in [-0.2, 0) is 22.7 Å². The first kappa shape index (κ1) is 23.2. The number of hydrogen-bond donors (Lipinski definition) is 1. The van der Waals surface area contributed by atoms with Gasteiger partial charge in [-0.3, -0.25) is 19.2 Å². The molecule has 2 atom stereocenters. The first-order chi connectivity index (χ1) is 15.2. The summed E-state index contributed by atoms with van der Waals surface area (Å²) in [6.45, 7) is 3.88. The highest BCUT2D eigenvalue weighted by molar-refractivity contribution is 6.39. The number of alkyl halides is 1. The molecular weight excluding hydrogens is 426 g/mol. The molecule has 2 aromatic rings. The van der Waals surface area contributed by atoms with Crippen molar-refractivity contribution in [2.45, 2.75) is 46.0 Å². The Hall–Kier alpha value is -3.44. The fourth-order valence-electron chi connectivity index (χ4n) is 3.38. The minimum atomic E-state index is -1.42. The van der Waals surface area contributed by atoms with Crippen LogP contribution in [0.3, 0.4) is 0 Å². The van der Waals surface area contributed by atoms with Crippen LogP contribution >= 0.6 is 0 Å². The Morgan fingerprint density at radius 1 is 1.34 bits per heavy atom. The van der Waals surface area contributed by atoms with E-state index in [4.69, 9.17) is 0 Å². The van der Waals surface area contributed by atoms with Crippen LogP contribution in [0.2, 0.25) is 0 Å². The van der Waals surface area contributed by atoms with Crippen LogP contribution in [0.4, 0.5) is 14.5 Å². The van der Waals surface area contributed by atoms with Crippen molar-refractivity contribution in [1.29, 1.82) is 0 Å². The van der Waals surface area contributed by atoms with Crippen LogP contribution in [0.1, 0.15) is 37.2 Å². The number of aryl methyl sites for hydroxylation is 1. The van der Waals surface area contributed by atoms with Crippen molar-refractivity contribution in [3.63, 3.8) is 0 Å². The summed E-state index contributed by atoms with van der Waals surface area (Å²) < 4.78 is 30.9. The molecule has 0 bridgehead atoms. The number of pyridine rings is 1. The van der Waals surface area contributed by atoms with Gasteiger partial charge in [0.2, 0.25) is 5.82 Å². The zero-order valence-corrected chi connectivity index (χ0v) is 17.8. The van der Waals surface area contributed by atoms with Gasteiger partial charge in [0.25, 0.3) is 5.56 Å². The summed E-state index contributed by atoms with van der Waals surface area (Å²) in [4.78, 5) is 49.1. The Labute approximate surface area is 182 Å². The second kappa shape index (κ2) is 9.79. The number of carbonyl (C=O) groups excluding carboxylic acids is 3. The van der Waals surface area contributed by atoms with Gasteiger partial charge in [0.05, 0.1) is 18.4 Å². The quantitative estimate of drug-likeness (QED) is 0.497. The molecule has 0 aliphatic carbocycles. The average molecular weight is 450 g/mol. The summed E-state index contributed by atoms with van der Waals surface area (Å²) in [5.41, 5.74) is -1.34. The molecule has 1 aliphatic rings. The fourth-order valence-corrected chi connectivity index (χ4v) is 3.38. The Kier molecular flexibility index (Phi) is 7.11. The van der Waals surface area contributed by atoms with Crippen molar-refractivity contribution in [2.75, 3.05) is 18.4 Å². The maximum absolute atomic E-state index is 14.5. The molecule has 2 aromatic heterocycles. The number of Topliss-reactive ketones (excluding diaryl/α,β-unsaturated/α-hetero) is 1. The van der Waals surface area contributed by atoms with E-state index in [0.29, 0.717) is 13.1 Å². The van der Waals surface area contributed by atoms with E-state index in [9.17, 15) is 28.0 Å². The fraction of sp³-hybridized carbons (Fsp3) is 0.500. The third-order valence-electron chi connectivity index (χ3n) is 5.23. The number of amides is 2. The predicted octanol–water partition coefficient (Wildman–Crippen LogP) is 1.02. The minimum Gasteiger partial charge on any atom is -0.334 e. The van der Waals surface area contributed by atoms with Gasteiger partial charge < -0.3 is 14.8 Å². The lowest BCUT2D eigenvalue weighted by Gasteiger charge is -2.16. The maximum atomic E-state index is 14.5. The second-order valence-electron chi connectivity index (χ2n) is 7.91. The monoisotopic (exact) mass is 450 g/mol. The third-order valence-corrected chi connectivity index (χ3v) is 5.23. The number of anilines is 1. The van der Waals surface area contributed by atoms with Gasteiger partial charge in [-0.15, -0.1) is 5.10 Å². The smallest absolute Gasteiger partial charge is 0.313 e. The minimum absolute atomic E-state index is 0.117. The molecule has 0 aromatic carbocycles. The molecule has 1 aliphatic heterocycles. The van der Waals surface area contributed by atoms with Crippen LogP contribution < -0.4 is 10.9 Å². The zero-order chi connectivity index (χ0) is 23.4. The van der Waals surface area contributed by atoms with E-state index in [1.165, 1.54) is 28.9 Å². The molecule has 172 valence electrons. The molecule has 32 heavy (non-hydrogen) atoms. The molecule has 0 saturated carbocycles. The van der Waals surface area contributed by atoms with Gasteiger partial charge in [-0.05, 0) is 24.8 Å². The predicted molar refractivity (Wildman–Crippen MR) is 109 cm³/mol. The number of carbonyl (C=O) groups is 3. The maximum Gasteiger partial charge on any atom is 0.313 e. The highest BCUT2D eigenvalue weighted by atomic mass is 19.1. The normalized spacial score (nSPS) is 16.8. The summed E-state index contributed by atoms with van der Waals surface area (Å²) in [5, 5.41) is 9.41. The Morgan fingerprint density at radius 2 is 2.09 bits per heavy atom. The first-order valence-corrected chi connectivity index (χ1v) is 10.2. The van der Waals surface area contributed by atoms with E-state index in [-0.39, 0.29) is 36.9 Å². The van der Waals surface area contributed by atoms with Gasteiger partial charge in [-0.25, -0.2) is 9.07 Å². The van der Waals surface area contributed by atoms with E-state index < -0.39 is 35.0 Å². The van der Waals surface area contributed by atoms with Crippen LogP contribution in [-0.4, -0.2) is 61.3 Å². The molecule has 1 N–H and O–H groups in total. The van der Waals surface area contributed by atoms with Crippen molar-refractivity contribution >= 4 is 23.3 Å². The molecule has 1 fully saturated rings. The van der Waals surface area contributed by atoms with Crippen LogP contribution in [0, 0.1) is 11.7 Å². The standard InChI is InChI=1S/C20H24F2N6O4/c1-12-3-6-27(9-12)20(32)18(30)23-15-5-8-26(19(31)17(15)22)7-4-14(21)10-28-11-16(13(2)29)24-25-28/h5,8,11-12,14H,3-4,6-7,9-10H2,1-2H3,(H,23,30)/t12-,14?/m1/s1. The summed E-state index contributed by atoms with van der Waals surface area (Å²) in [6.07, 6.45) is 1.79. The van der Waals surface area contributed by atoms with Gasteiger partial charge in [-0.1, -0.05) is 12.1 Å². The van der Waals surface area contributed by atoms with E-state index in [1.807, 2.05) is 6.92 Å². The molecule has 1 saturated heterocycles. The number of ketones is 1. The molecule has 12 heteroatoms. The summed E-state index contributed by atoms with van der Waals surface area (Å²) >= 11 is 0. The molecule has 0 radical (unpaired) electrons. The lowest BCUT2D eigenvalue weighted by molar-refractivity contribution is -0.142. The van der Waals surface area contributed by atoms with E-state index in [1.54, 1.807) is 0 Å². The van der Waals surface area contributed by atoms with Crippen molar-refractivity contribution in [1.82, 2.24) is 24.5 Å². The van der Waals surface area contributed by atoms with Gasteiger partial charge in [-0.2, -0.15) is 4.39 Å². The number of aromatic nitrogens is 4. The van der Waals surface area contributed by atoms with Crippen LogP contribution in [0.25, 0.3) is 0 Å². The SMILES string of the molecule is CC(=O)c1cn(CC(F)CCn2ccc(NC(=O)C(=O)N3CC[C@@H](C)C3)c(F)c2=O)nn1. The van der Waals surface area contributed by atoms with Gasteiger partial charge in [0.1, 0.15) is 11.9 Å². The number of halogens is 2. The number of likely N-dealkylation sites (tertiary alicyclic amines) is 1. The van der Waals surface area contributed by atoms with E-state index >= 15 is 0 Å². The van der Waals surface area contributed by atoms with Crippen molar-refractivity contribution in [2.24, 2.45) is 5.92 Å². The summed E-state index contributed by atoms with van der Waals surface area (Å²) in [6, 6.07) is 1.15. The lowest BCUT2D eigenvalue weighted by atomic mass is 10.2. The molecule has 1 unspecified atom stereocenters. The second-order valence-corrected chi connectivity index (χ2v) is 7.91. The van der Waals surface area contributed by atoms with Crippen molar-refractivity contribution < 1.29 is 23.2 Å². The largest absolute Gasteiger partial charge is 0.334 e. The van der Waals surface area contributed by atoms with Crippen LogP contribution in [0.5, 0.6) is 0 Å². The Balaban J connectivity index is 1.57. The van der Waals surface area contributed by atoms with Gasteiger partial charge >= 0.3 is 11.8 Å². The highest BCUT2D eigenvalue weighted by Gasteiger charge is 2.28. The van der Waals surface area contributed by atoms with Gasteiger partial charge in [0, 0.05) is 32.8 Å². The number of nitrogens with zero attached hydrogens (tertiary/aromatic N) is 5. The highest BCUT2D eigenvalue weighted by Crippen LogP contribution is 2.16. The zero-order valence-electron chi connectivity index (χ0n) is 17.8. The van der Waals surface area contributed by atoms with E-state index in [2.05, 4.69) is 15.6 Å². The average Bonchev–Trinajstić information content (AvgIpc) is 3.39. The molecule has 10 nitrogen and oxygen atoms in total. The molecule has 2 amide bonds. The Bertz CT molecular complexity index is 1080. The number of nitrogens with one attached hydrogen (secondary N) is 1. The molecule has 3 rings (SSSR count). The van der Waals surface area contributed by atoms with Crippen molar-refractivity contribution in [3.8, 4) is 0 Å². The van der Waals surface area contributed by atoms with E-state index in [0.717, 1.165) is 17.1 Å². The Morgan fingerprint density at radius 3 is 2.72 bits per heavy atom. The molecule has 0 spiro atoms. The van der Waals surface area contributed by atoms with Crippen LogP contribution in [0.15, 0.2) is 23.3 Å². The third kappa shape index (κ3) is 5.42. The topological polar surface area (TPSA) is 119 Å². The summed E-state index contributed by atoms with van der Waals surface area (Å²) in [5.74, 6) is -3.04. The number of rotatable bonds is 7. The number of hydrogen-bond acceptors (Lipinski definition) is 6. The van der Waals surface area contributed by atoms with Gasteiger partial charge in [0.15, 0.2) is 5.78 Å². The van der Waals surface area contributed by atoms with Crippen molar-refractivity contribution in [3.05, 3.63) is 40.3 Å². The first-order valence-electron chi connectivity index (χ1n) is 10.2.